The van der Waals surface area contributed by atoms with Gasteiger partial charge in [-0.2, -0.15) is 0 Å². The standard InChI is InChI=1S/C20H23ClF3NO4/c1-5-14(8-7-13(3)4)25-19(26)28-15(6-2)12-27-16-9-10-17(21)18(11-16)29-20(22,23)24/h5,7-11,15H,3,6,12H2,1-2,4H3,(H,25,26)/b8-7-,14-5+. The average Bonchev–Trinajstić information content (AvgIpc) is 2.63. The van der Waals surface area contributed by atoms with E-state index in [2.05, 4.69) is 16.6 Å². The maximum Gasteiger partial charge on any atom is 0.573 e. The number of nitrogens with one attached hydrogen (secondary N) is 1. The molecular formula is C20H23ClF3NO4. The fraction of sp³-hybridized carbons (Fsp3) is 0.350. The Morgan fingerprint density at radius 2 is 2.03 bits per heavy atom. The van der Waals surface area contributed by atoms with Crippen LogP contribution in [0.1, 0.15) is 27.2 Å². The van der Waals surface area contributed by atoms with Gasteiger partial charge in [0.25, 0.3) is 0 Å². The van der Waals surface area contributed by atoms with Gasteiger partial charge >= 0.3 is 12.5 Å². The first-order valence-corrected chi connectivity index (χ1v) is 9.07. The summed E-state index contributed by atoms with van der Waals surface area (Å²) in [6.07, 6.45) is -0.654. The Morgan fingerprint density at radius 1 is 1.34 bits per heavy atom. The second kappa shape index (κ2) is 11.4. The molecule has 0 fully saturated rings. The van der Waals surface area contributed by atoms with Crippen LogP contribution in [0, 0.1) is 0 Å². The third-order valence-electron chi connectivity index (χ3n) is 3.40. The highest BCUT2D eigenvalue weighted by atomic mass is 35.5. The van der Waals surface area contributed by atoms with Crippen LogP contribution in [-0.2, 0) is 4.74 Å². The number of alkyl carbamates (subject to hydrolysis) is 1. The smallest absolute Gasteiger partial charge is 0.490 e. The second-order valence-electron chi connectivity index (χ2n) is 5.94. The Labute approximate surface area is 172 Å². The number of allylic oxidation sites excluding steroid dienone is 4. The van der Waals surface area contributed by atoms with Crippen LogP contribution in [0.5, 0.6) is 11.5 Å². The van der Waals surface area contributed by atoms with Gasteiger partial charge in [0.05, 0.1) is 5.02 Å². The van der Waals surface area contributed by atoms with Gasteiger partial charge in [-0.15, -0.1) is 13.2 Å². The summed E-state index contributed by atoms with van der Waals surface area (Å²) < 4.78 is 51.7. The molecule has 1 aromatic carbocycles. The summed E-state index contributed by atoms with van der Waals surface area (Å²) in [5.74, 6) is -0.486. The molecule has 9 heteroatoms. The molecule has 1 N–H and O–H groups in total. The first kappa shape index (κ1) is 24.4. The normalized spacial score (nSPS) is 13.1. The van der Waals surface area contributed by atoms with Gasteiger partial charge in [0.15, 0.2) is 5.75 Å². The van der Waals surface area contributed by atoms with Crippen LogP contribution in [0.2, 0.25) is 5.02 Å². The minimum absolute atomic E-state index is 0.0657. The van der Waals surface area contributed by atoms with Crippen molar-refractivity contribution in [2.24, 2.45) is 0 Å². The number of halogens is 4. The van der Waals surface area contributed by atoms with Gasteiger partial charge in [-0.1, -0.05) is 42.8 Å². The van der Waals surface area contributed by atoms with E-state index in [1.807, 2.05) is 6.92 Å². The number of carbonyl (C=O) groups excluding carboxylic acids is 1. The molecule has 0 bridgehead atoms. The van der Waals surface area contributed by atoms with Crippen molar-refractivity contribution in [3.05, 3.63) is 59.3 Å². The van der Waals surface area contributed by atoms with E-state index in [1.165, 1.54) is 12.1 Å². The maximum atomic E-state index is 12.4. The minimum atomic E-state index is -4.88. The highest BCUT2D eigenvalue weighted by Gasteiger charge is 2.32. The van der Waals surface area contributed by atoms with Gasteiger partial charge in [0.1, 0.15) is 18.5 Å². The molecule has 1 atom stereocenters. The first-order valence-electron chi connectivity index (χ1n) is 8.69. The zero-order chi connectivity index (χ0) is 22.0. The summed E-state index contributed by atoms with van der Waals surface area (Å²) >= 11 is 5.69. The van der Waals surface area contributed by atoms with Crippen molar-refractivity contribution in [1.82, 2.24) is 5.32 Å². The fourth-order valence-electron chi connectivity index (χ4n) is 1.94. The molecule has 0 spiro atoms. The van der Waals surface area contributed by atoms with E-state index in [0.29, 0.717) is 12.1 Å². The quantitative estimate of drug-likeness (QED) is 0.474. The van der Waals surface area contributed by atoms with Crippen LogP contribution in [0.25, 0.3) is 0 Å². The van der Waals surface area contributed by atoms with Crippen LogP contribution in [0.4, 0.5) is 18.0 Å². The number of hydrogen-bond donors (Lipinski definition) is 1. The monoisotopic (exact) mass is 433 g/mol. The molecule has 0 saturated carbocycles. The number of ether oxygens (including phenoxy) is 3. The van der Waals surface area contributed by atoms with Crippen LogP contribution < -0.4 is 14.8 Å². The molecule has 0 aliphatic rings. The van der Waals surface area contributed by atoms with Gasteiger partial charge < -0.3 is 14.2 Å². The molecule has 1 rings (SSSR count). The summed E-state index contributed by atoms with van der Waals surface area (Å²) in [5, 5.41) is 2.37. The lowest BCUT2D eigenvalue weighted by molar-refractivity contribution is -0.274. The maximum absolute atomic E-state index is 12.4. The summed E-state index contributed by atoms with van der Waals surface area (Å²) in [6.45, 7) is 9.01. The lowest BCUT2D eigenvalue weighted by Gasteiger charge is -2.18. The predicted molar refractivity (Wildman–Crippen MR) is 105 cm³/mol. The summed E-state index contributed by atoms with van der Waals surface area (Å²) in [6, 6.07) is 3.63. The Kier molecular flexibility index (Phi) is 9.61. The molecule has 5 nitrogen and oxygen atoms in total. The summed E-state index contributed by atoms with van der Waals surface area (Å²) in [4.78, 5) is 12.0. The molecule has 160 valence electrons. The van der Waals surface area contributed by atoms with Crippen LogP contribution in [0.3, 0.4) is 0 Å². The van der Waals surface area contributed by atoms with Crippen LogP contribution in [0.15, 0.2) is 54.3 Å². The van der Waals surface area contributed by atoms with Crippen molar-refractivity contribution in [3.63, 3.8) is 0 Å². The number of amides is 1. The van der Waals surface area contributed by atoms with Gasteiger partial charge in [-0.3, -0.25) is 5.32 Å². The third kappa shape index (κ3) is 9.94. The molecule has 0 aliphatic heterocycles. The largest absolute Gasteiger partial charge is 0.573 e. The second-order valence-corrected chi connectivity index (χ2v) is 6.34. The van der Waals surface area contributed by atoms with Crippen molar-refractivity contribution in [3.8, 4) is 11.5 Å². The van der Waals surface area contributed by atoms with E-state index >= 15 is 0 Å². The van der Waals surface area contributed by atoms with Crippen LogP contribution >= 0.6 is 11.6 Å². The zero-order valence-electron chi connectivity index (χ0n) is 16.3. The lowest BCUT2D eigenvalue weighted by Crippen LogP contribution is -2.31. The minimum Gasteiger partial charge on any atom is -0.490 e. The van der Waals surface area contributed by atoms with E-state index in [4.69, 9.17) is 21.1 Å². The highest BCUT2D eigenvalue weighted by Crippen LogP contribution is 2.33. The molecule has 0 radical (unpaired) electrons. The topological polar surface area (TPSA) is 56.8 Å². The summed E-state index contributed by atoms with van der Waals surface area (Å²) in [7, 11) is 0. The van der Waals surface area contributed by atoms with E-state index in [9.17, 15) is 18.0 Å². The number of carbonyl (C=O) groups is 1. The number of alkyl halides is 3. The lowest BCUT2D eigenvalue weighted by atomic mass is 10.2. The molecule has 1 amide bonds. The van der Waals surface area contributed by atoms with Crippen molar-refractivity contribution < 1.29 is 32.2 Å². The first-order chi connectivity index (χ1) is 13.5. The fourth-order valence-corrected chi connectivity index (χ4v) is 2.10. The SMILES string of the molecule is C=C(C)/C=C\C(=C/C)NC(=O)OC(CC)COc1ccc(Cl)c(OC(F)(F)F)c1. The molecule has 1 aromatic rings. The van der Waals surface area contributed by atoms with Gasteiger partial charge in [-0.25, -0.2) is 4.79 Å². The Balaban J connectivity index is 2.67. The van der Waals surface area contributed by atoms with Crippen molar-refractivity contribution >= 4 is 17.7 Å². The highest BCUT2D eigenvalue weighted by molar-refractivity contribution is 6.32. The van der Waals surface area contributed by atoms with E-state index in [0.717, 1.165) is 11.6 Å². The van der Waals surface area contributed by atoms with E-state index < -0.39 is 24.3 Å². The number of hydrogen-bond acceptors (Lipinski definition) is 4. The van der Waals surface area contributed by atoms with Crippen molar-refractivity contribution in [2.45, 2.75) is 39.7 Å². The Morgan fingerprint density at radius 3 is 2.59 bits per heavy atom. The summed E-state index contributed by atoms with van der Waals surface area (Å²) in [5.41, 5.74) is 1.34. The number of benzene rings is 1. The van der Waals surface area contributed by atoms with Crippen molar-refractivity contribution in [1.29, 1.82) is 0 Å². The molecule has 1 unspecified atom stereocenters. The molecule has 0 aromatic heterocycles. The molecular weight excluding hydrogens is 411 g/mol. The Hall–Kier alpha value is -2.61. The molecule has 29 heavy (non-hydrogen) atoms. The van der Waals surface area contributed by atoms with E-state index in [-0.39, 0.29) is 17.4 Å². The van der Waals surface area contributed by atoms with Crippen LogP contribution in [-0.4, -0.2) is 25.2 Å². The van der Waals surface area contributed by atoms with Crippen molar-refractivity contribution in [2.75, 3.05) is 6.61 Å². The third-order valence-corrected chi connectivity index (χ3v) is 3.71. The number of rotatable bonds is 9. The van der Waals surface area contributed by atoms with E-state index in [1.54, 1.807) is 32.1 Å². The molecule has 0 aliphatic carbocycles. The van der Waals surface area contributed by atoms with Gasteiger partial charge in [0.2, 0.25) is 0 Å². The average molecular weight is 434 g/mol. The zero-order valence-corrected chi connectivity index (χ0v) is 17.1. The van der Waals surface area contributed by atoms with Gasteiger partial charge in [0, 0.05) is 11.8 Å². The molecule has 0 saturated heterocycles. The Bertz CT molecular complexity index is 775. The van der Waals surface area contributed by atoms with Gasteiger partial charge in [-0.05, 0) is 38.5 Å². The predicted octanol–water partition coefficient (Wildman–Crippen LogP) is 6.16. The molecule has 0 heterocycles.